The molecule has 7 rings (SSSR count). The maximum Gasteiger partial charge on any atom is 0.252 e. The fourth-order valence-corrected chi connectivity index (χ4v) is 6.81. The predicted molar refractivity (Wildman–Crippen MR) is 121 cm³/mol. The number of carbonyl (C=O) groups excluding carboxylic acids is 1. The lowest BCUT2D eigenvalue weighted by Gasteiger charge is -2.54. The molecule has 0 spiro atoms. The molecule has 0 radical (unpaired) electrons. The monoisotopic (exact) mass is 461 g/mol. The minimum absolute atomic E-state index is 0.0354. The molecule has 0 atom stereocenters. The Morgan fingerprint density at radius 2 is 1.63 bits per heavy atom. The van der Waals surface area contributed by atoms with Crippen LogP contribution in [-0.4, -0.2) is 21.9 Å². The molecule has 1 amide bonds. The quantitative estimate of drug-likeness (QED) is 0.550. The number of carbonyl (C=O) groups is 1. The molecule has 0 saturated heterocycles. The first-order valence-corrected chi connectivity index (χ1v) is 11.7. The Bertz CT molecular complexity index is 1100. The van der Waals surface area contributed by atoms with Crippen LogP contribution in [0.1, 0.15) is 42.5 Å². The number of nitrogens with zero attached hydrogens (tertiary/aromatic N) is 2. The molecule has 4 aliphatic rings. The van der Waals surface area contributed by atoms with Crippen molar-refractivity contribution in [1.29, 1.82) is 0 Å². The van der Waals surface area contributed by atoms with Crippen LogP contribution in [0.15, 0.2) is 53.3 Å². The number of fused-ring (bicyclic) bond motifs is 1. The molecule has 4 nitrogen and oxygen atoms in total. The van der Waals surface area contributed by atoms with Crippen molar-refractivity contribution in [3.8, 4) is 11.3 Å². The summed E-state index contributed by atoms with van der Waals surface area (Å²) in [5, 5.41) is 4.37. The van der Waals surface area contributed by atoms with E-state index >= 15 is 0 Å². The van der Waals surface area contributed by atoms with Crippen LogP contribution in [-0.2, 0) is 0 Å². The van der Waals surface area contributed by atoms with Gasteiger partial charge in [0.05, 0.1) is 16.8 Å². The van der Waals surface area contributed by atoms with Crippen molar-refractivity contribution in [1.82, 2.24) is 15.3 Å². The summed E-state index contributed by atoms with van der Waals surface area (Å²) in [5.41, 5.74) is 3.32. The van der Waals surface area contributed by atoms with E-state index < -0.39 is 0 Å². The molecule has 152 valence electrons. The van der Waals surface area contributed by atoms with Crippen LogP contribution in [0.5, 0.6) is 0 Å². The highest BCUT2D eigenvalue weighted by Gasteiger charge is 2.48. The normalized spacial score (nSPS) is 29.3. The SMILES string of the molecule is O=C(NC1C2CC3CC(C2)CC1C3)c1cc(-c2ccncc2)nc2ccc(Br)cc12. The van der Waals surface area contributed by atoms with Gasteiger partial charge in [0.2, 0.25) is 0 Å². The Morgan fingerprint density at radius 1 is 0.933 bits per heavy atom. The van der Waals surface area contributed by atoms with E-state index in [-0.39, 0.29) is 5.91 Å². The fraction of sp³-hybridized carbons (Fsp3) is 0.400. The zero-order chi connectivity index (χ0) is 20.2. The van der Waals surface area contributed by atoms with Crippen LogP contribution in [0.25, 0.3) is 22.2 Å². The lowest BCUT2D eigenvalue weighted by Crippen LogP contribution is -2.55. The third-order valence-electron chi connectivity index (χ3n) is 7.52. The molecule has 1 aromatic carbocycles. The topological polar surface area (TPSA) is 54.9 Å². The lowest BCUT2D eigenvalue weighted by atomic mass is 9.54. The minimum Gasteiger partial charge on any atom is -0.349 e. The molecule has 30 heavy (non-hydrogen) atoms. The highest BCUT2D eigenvalue weighted by molar-refractivity contribution is 9.10. The number of benzene rings is 1. The van der Waals surface area contributed by atoms with Gasteiger partial charge in [0.15, 0.2) is 0 Å². The van der Waals surface area contributed by atoms with E-state index in [0.717, 1.165) is 38.5 Å². The number of hydrogen-bond donors (Lipinski definition) is 1. The van der Waals surface area contributed by atoms with Crippen molar-refractivity contribution in [2.75, 3.05) is 0 Å². The zero-order valence-corrected chi connectivity index (χ0v) is 18.3. The van der Waals surface area contributed by atoms with Gasteiger partial charge in [0.25, 0.3) is 5.91 Å². The minimum atomic E-state index is 0.0354. The van der Waals surface area contributed by atoms with E-state index in [0.29, 0.717) is 23.4 Å². The summed E-state index contributed by atoms with van der Waals surface area (Å²) in [6.07, 6.45) is 10.1. The van der Waals surface area contributed by atoms with Crippen LogP contribution in [0.4, 0.5) is 0 Å². The molecule has 4 bridgehead atoms. The largest absolute Gasteiger partial charge is 0.349 e. The first-order chi connectivity index (χ1) is 14.6. The molecular formula is C25H24BrN3O. The van der Waals surface area contributed by atoms with Gasteiger partial charge >= 0.3 is 0 Å². The van der Waals surface area contributed by atoms with E-state index in [2.05, 4.69) is 26.2 Å². The van der Waals surface area contributed by atoms with Crippen molar-refractivity contribution in [3.05, 3.63) is 58.8 Å². The van der Waals surface area contributed by atoms with Gasteiger partial charge in [-0.25, -0.2) is 4.98 Å². The summed E-state index contributed by atoms with van der Waals surface area (Å²) in [7, 11) is 0. The summed E-state index contributed by atoms with van der Waals surface area (Å²) in [6.45, 7) is 0. The maximum atomic E-state index is 13.6. The summed E-state index contributed by atoms with van der Waals surface area (Å²) in [6, 6.07) is 12.1. The molecule has 0 unspecified atom stereocenters. The smallest absolute Gasteiger partial charge is 0.252 e. The lowest BCUT2D eigenvalue weighted by molar-refractivity contribution is -0.0119. The molecule has 1 N–H and O–H groups in total. The molecule has 4 fully saturated rings. The van der Waals surface area contributed by atoms with Gasteiger partial charge in [0.1, 0.15) is 0 Å². The zero-order valence-electron chi connectivity index (χ0n) is 16.7. The summed E-state index contributed by atoms with van der Waals surface area (Å²) >= 11 is 3.56. The van der Waals surface area contributed by atoms with E-state index in [4.69, 9.17) is 4.98 Å². The van der Waals surface area contributed by atoms with Gasteiger partial charge in [-0.15, -0.1) is 0 Å². The molecule has 4 aliphatic carbocycles. The van der Waals surface area contributed by atoms with Crippen LogP contribution in [0, 0.1) is 23.7 Å². The Hall–Kier alpha value is -2.27. The van der Waals surface area contributed by atoms with Gasteiger partial charge in [0, 0.05) is 33.9 Å². The number of pyridine rings is 2. The van der Waals surface area contributed by atoms with Gasteiger partial charge in [-0.3, -0.25) is 9.78 Å². The van der Waals surface area contributed by atoms with Crippen LogP contribution in [0.3, 0.4) is 0 Å². The first-order valence-electron chi connectivity index (χ1n) is 11.0. The molecule has 0 aliphatic heterocycles. The van der Waals surface area contributed by atoms with Gasteiger partial charge < -0.3 is 5.32 Å². The number of halogens is 1. The second kappa shape index (κ2) is 7.16. The number of rotatable bonds is 3. The van der Waals surface area contributed by atoms with Crippen molar-refractivity contribution in [2.24, 2.45) is 23.7 Å². The average Bonchev–Trinajstić information content (AvgIpc) is 2.75. The third-order valence-corrected chi connectivity index (χ3v) is 8.01. The first kappa shape index (κ1) is 18.5. The Labute approximate surface area is 184 Å². The Kier molecular flexibility index (Phi) is 4.41. The van der Waals surface area contributed by atoms with Crippen molar-refractivity contribution < 1.29 is 4.79 Å². The van der Waals surface area contributed by atoms with Crippen molar-refractivity contribution in [3.63, 3.8) is 0 Å². The number of amides is 1. The molecule has 2 heterocycles. The van der Waals surface area contributed by atoms with E-state index in [1.165, 1.54) is 32.1 Å². The summed E-state index contributed by atoms with van der Waals surface area (Å²) in [5.74, 6) is 3.15. The van der Waals surface area contributed by atoms with Crippen LogP contribution < -0.4 is 5.32 Å². The van der Waals surface area contributed by atoms with Crippen molar-refractivity contribution in [2.45, 2.75) is 38.1 Å². The second-order valence-corrected chi connectivity index (χ2v) is 10.3. The van der Waals surface area contributed by atoms with Crippen LogP contribution >= 0.6 is 15.9 Å². The second-order valence-electron chi connectivity index (χ2n) is 9.38. The van der Waals surface area contributed by atoms with Gasteiger partial charge in [-0.1, -0.05) is 15.9 Å². The fourth-order valence-electron chi connectivity index (χ4n) is 6.45. The highest BCUT2D eigenvalue weighted by atomic mass is 79.9. The standard InChI is InChI=1S/C25H24BrN3O/c26-19-1-2-22-20(12-19)21(13-23(28-22)16-3-5-27-6-4-16)25(30)29-24-17-8-14-7-15(10-17)11-18(24)9-14/h1-6,12-15,17-18,24H,7-11H2,(H,29,30). The third kappa shape index (κ3) is 3.15. The van der Waals surface area contributed by atoms with E-state index in [1.54, 1.807) is 12.4 Å². The Balaban J connectivity index is 1.39. The predicted octanol–water partition coefficient (Wildman–Crippen LogP) is 5.61. The molecule has 5 heteroatoms. The molecule has 2 aromatic heterocycles. The Morgan fingerprint density at radius 3 is 2.33 bits per heavy atom. The van der Waals surface area contributed by atoms with Gasteiger partial charge in [-0.05, 0) is 92.2 Å². The van der Waals surface area contributed by atoms with E-state index in [9.17, 15) is 4.79 Å². The van der Waals surface area contributed by atoms with Crippen molar-refractivity contribution >= 4 is 32.7 Å². The average molecular weight is 462 g/mol. The molecule has 4 saturated carbocycles. The number of aromatic nitrogens is 2. The van der Waals surface area contributed by atoms with E-state index in [1.807, 2.05) is 36.4 Å². The number of hydrogen-bond acceptors (Lipinski definition) is 3. The van der Waals surface area contributed by atoms with Gasteiger partial charge in [-0.2, -0.15) is 0 Å². The maximum absolute atomic E-state index is 13.6. The molecular weight excluding hydrogens is 438 g/mol. The highest BCUT2D eigenvalue weighted by Crippen LogP contribution is 2.53. The summed E-state index contributed by atoms with van der Waals surface area (Å²) in [4.78, 5) is 22.5. The van der Waals surface area contributed by atoms with Crippen LogP contribution in [0.2, 0.25) is 0 Å². The molecule has 3 aromatic rings. The summed E-state index contributed by atoms with van der Waals surface area (Å²) < 4.78 is 0.956. The number of nitrogens with one attached hydrogen (secondary N) is 1.